The van der Waals surface area contributed by atoms with Crippen molar-refractivity contribution in [2.24, 2.45) is 12.5 Å². The molecule has 1 atom stereocenters. The SMILES string of the molecule is C=CC(C)(C/C=C/Cl)C1(c2nnc(C3(c4ccc(Cl)cc4)CCC3)n2C)CCC1. The van der Waals surface area contributed by atoms with Gasteiger partial charge in [0.1, 0.15) is 11.6 Å². The third kappa shape index (κ3) is 3.00. The zero-order chi connectivity index (χ0) is 20.7. The van der Waals surface area contributed by atoms with Crippen LogP contribution in [0.3, 0.4) is 0 Å². The largest absolute Gasteiger partial charge is 0.317 e. The summed E-state index contributed by atoms with van der Waals surface area (Å²) in [6, 6.07) is 8.26. The molecule has 0 aliphatic heterocycles. The Hall–Kier alpha value is -1.58. The maximum atomic E-state index is 6.14. The van der Waals surface area contributed by atoms with Gasteiger partial charge in [0.15, 0.2) is 0 Å². The molecule has 1 unspecified atom stereocenters. The summed E-state index contributed by atoms with van der Waals surface area (Å²) in [5.74, 6) is 2.16. The molecule has 1 aromatic carbocycles. The Labute approximate surface area is 183 Å². The van der Waals surface area contributed by atoms with Crippen LogP contribution in [0.2, 0.25) is 5.02 Å². The summed E-state index contributed by atoms with van der Waals surface area (Å²) in [6.45, 7) is 6.46. The van der Waals surface area contributed by atoms with E-state index in [2.05, 4.69) is 43.3 Å². The van der Waals surface area contributed by atoms with Crippen molar-refractivity contribution in [3.05, 3.63) is 70.8 Å². The molecule has 1 heterocycles. The average Bonchev–Trinajstić information content (AvgIpc) is 3.02. The first-order valence-corrected chi connectivity index (χ1v) is 11.3. The highest BCUT2D eigenvalue weighted by molar-refractivity contribution is 6.30. The van der Waals surface area contributed by atoms with Gasteiger partial charge in [-0.3, -0.25) is 0 Å². The molecule has 1 aromatic heterocycles. The molecule has 2 aromatic rings. The van der Waals surface area contributed by atoms with Gasteiger partial charge in [-0.1, -0.05) is 67.3 Å². The number of allylic oxidation sites excluding steroid dienone is 2. The van der Waals surface area contributed by atoms with Gasteiger partial charge in [0.05, 0.1) is 5.41 Å². The molecule has 29 heavy (non-hydrogen) atoms. The predicted molar refractivity (Wildman–Crippen MR) is 121 cm³/mol. The van der Waals surface area contributed by atoms with Gasteiger partial charge in [0.2, 0.25) is 0 Å². The van der Waals surface area contributed by atoms with Crippen LogP contribution in [-0.2, 0) is 17.9 Å². The molecule has 2 aliphatic rings. The second-order valence-electron chi connectivity index (χ2n) is 8.97. The molecule has 2 aliphatic carbocycles. The molecular weight excluding hydrogens is 401 g/mol. The van der Waals surface area contributed by atoms with E-state index in [1.807, 2.05) is 18.2 Å². The minimum Gasteiger partial charge on any atom is -0.317 e. The molecule has 0 radical (unpaired) electrons. The summed E-state index contributed by atoms with van der Waals surface area (Å²) in [6.07, 6.45) is 11.8. The van der Waals surface area contributed by atoms with Crippen LogP contribution in [0, 0.1) is 5.41 Å². The maximum Gasteiger partial charge on any atom is 0.143 e. The summed E-state index contributed by atoms with van der Waals surface area (Å²) in [5.41, 5.74) is 2.68. The second-order valence-corrected chi connectivity index (χ2v) is 9.66. The highest BCUT2D eigenvalue weighted by atomic mass is 35.5. The Morgan fingerprint density at radius 2 is 1.72 bits per heavy atom. The van der Waals surface area contributed by atoms with Crippen molar-refractivity contribution in [1.82, 2.24) is 14.8 Å². The average molecular weight is 430 g/mol. The Balaban J connectivity index is 1.78. The van der Waals surface area contributed by atoms with Crippen molar-refractivity contribution in [1.29, 1.82) is 0 Å². The van der Waals surface area contributed by atoms with Crippen molar-refractivity contribution >= 4 is 23.2 Å². The molecule has 0 saturated heterocycles. The molecule has 0 amide bonds. The Morgan fingerprint density at radius 3 is 2.21 bits per heavy atom. The van der Waals surface area contributed by atoms with Gasteiger partial charge >= 0.3 is 0 Å². The van der Waals surface area contributed by atoms with Gasteiger partial charge < -0.3 is 4.57 Å². The lowest BCUT2D eigenvalue weighted by Crippen LogP contribution is -2.50. The quantitative estimate of drug-likeness (QED) is 0.458. The number of rotatable bonds is 7. The molecule has 0 N–H and O–H groups in total. The van der Waals surface area contributed by atoms with Gasteiger partial charge in [0, 0.05) is 28.4 Å². The van der Waals surface area contributed by atoms with E-state index >= 15 is 0 Å². The summed E-state index contributed by atoms with van der Waals surface area (Å²) in [5, 5.41) is 10.4. The lowest BCUT2D eigenvalue weighted by atomic mass is 9.52. The zero-order valence-electron chi connectivity index (χ0n) is 17.3. The maximum absolute atomic E-state index is 6.14. The fourth-order valence-electron chi connectivity index (χ4n) is 5.45. The third-order valence-electron chi connectivity index (χ3n) is 7.72. The summed E-state index contributed by atoms with van der Waals surface area (Å²) < 4.78 is 2.28. The van der Waals surface area contributed by atoms with Gasteiger partial charge in [-0.25, -0.2) is 0 Å². The highest BCUT2D eigenvalue weighted by Crippen LogP contribution is 2.58. The second kappa shape index (κ2) is 7.59. The van der Waals surface area contributed by atoms with Crippen LogP contribution in [0.4, 0.5) is 0 Å². The van der Waals surface area contributed by atoms with Crippen molar-refractivity contribution < 1.29 is 0 Å². The van der Waals surface area contributed by atoms with Crippen LogP contribution in [0.25, 0.3) is 0 Å². The monoisotopic (exact) mass is 429 g/mol. The number of hydrogen-bond donors (Lipinski definition) is 0. The topological polar surface area (TPSA) is 30.7 Å². The van der Waals surface area contributed by atoms with E-state index in [9.17, 15) is 0 Å². The molecule has 2 fully saturated rings. The Morgan fingerprint density at radius 1 is 1.10 bits per heavy atom. The summed E-state index contributed by atoms with van der Waals surface area (Å²) >= 11 is 12.0. The van der Waals surface area contributed by atoms with Gasteiger partial charge in [-0.2, -0.15) is 0 Å². The van der Waals surface area contributed by atoms with Crippen molar-refractivity contribution in [2.45, 2.75) is 62.7 Å². The standard InChI is InChI=1S/C24H29Cl2N3/c1-4-22(2,12-7-17-25)24(15-6-16-24)21-28-27-20(29(21)3)23(13-5-14-23)18-8-10-19(26)11-9-18/h4,7-11,17H,1,5-6,12-16H2,2-3H3/b17-7+. The van der Waals surface area contributed by atoms with E-state index in [0.717, 1.165) is 48.8 Å². The minimum atomic E-state index is -0.109. The first kappa shape index (κ1) is 20.7. The number of benzene rings is 1. The summed E-state index contributed by atoms with van der Waals surface area (Å²) in [4.78, 5) is 0. The zero-order valence-corrected chi connectivity index (χ0v) is 18.8. The van der Waals surface area contributed by atoms with Gasteiger partial charge in [-0.05, 0) is 49.8 Å². The molecular formula is C24H29Cl2N3. The highest BCUT2D eigenvalue weighted by Gasteiger charge is 2.55. The molecule has 2 saturated carbocycles. The summed E-state index contributed by atoms with van der Waals surface area (Å²) in [7, 11) is 2.14. The van der Waals surface area contributed by atoms with E-state index in [1.165, 1.54) is 18.4 Å². The van der Waals surface area contributed by atoms with Crippen LogP contribution in [-0.4, -0.2) is 14.8 Å². The van der Waals surface area contributed by atoms with Gasteiger partial charge in [0.25, 0.3) is 0 Å². The van der Waals surface area contributed by atoms with E-state index in [-0.39, 0.29) is 16.2 Å². The molecule has 154 valence electrons. The van der Waals surface area contributed by atoms with Crippen LogP contribution in [0.1, 0.15) is 69.1 Å². The molecule has 0 spiro atoms. The van der Waals surface area contributed by atoms with Crippen molar-refractivity contribution in [3.8, 4) is 0 Å². The van der Waals surface area contributed by atoms with Crippen molar-refractivity contribution in [2.75, 3.05) is 0 Å². The Kier molecular flexibility index (Phi) is 5.41. The number of halogens is 2. The molecule has 3 nitrogen and oxygen atoms in total. The Bertz CT molecular complexity index is 920. The number of aromatic nitrogens is 3. The van der Waals surface area contributed by atoms with Gasteiger partial charge in [-0.15, -0.1) is 16.8 Å². The fourth-order valence-corrected chi connectivity index (χ4v) is 5.66. The first-order valence-electron chi connectivity index (χ1n) is 10.5. The minimum absolute atomic E-state index is 0.0456. The van der Waals surface area contributed by atoms with E-state index in [4.69, 9.17) is 33.4 Å². The van der Waals surface area contributed by atoms with Crippen LogP contribution in [0.5, 0.6) is 0 Å². The van der Waals surface area contributed by atoms with Crippen LogP contribution < -0.4 is 0 Å². The smallest absolute Gasteiger partial charge is 0.143 e. The normalized spacial score (nSPS) is 21.9. The molecule has 5 heteroatoms. The lowest BCUT2D eigenvalue weighted by Gasteiger charge is -2.52. The van der Waals surface area contributed by atoms with Crippen molar-refractivity contribution in [3.63, 3.8) is 0 Å². The fraction of sp³-hybridized carbons (Fsp3) is 0.500. The lowest BCUT2D eigenvalue weighted by molar-refractivity contribution is 0.0827. The van der Waals surface area contributed by atoms with E-state index in [0.29, 0.717) is 0 Å². The number of hydrogen-bond acceptors (Lipinski definition) is 2. The molecule has 0 bridgehead atoms. The van der Waals surface area contributed by atoms with E-state index in [1.54, 1.807) is 5.54 Å². The first-order chi connectivity index (χ1) is 13.9. The third-order valence-corrected chi connectivity index (χ3v) is 8.15. The predicted octanol–water partition coefficient (Wildman–Crippen LogP) is 6.70. The van der Waals surface area contributed by atoms with Crippen LogP contribution in [0.15, 0.2) is 48.5 Å². The van der Waals surface area contributed by atoms with E-state index < -0.39 is 0 Å². The molecule has 4 rings (SSSR count). The van der Waals surface area contributed by atoms with Crippen LogP contribution >= 0.6 is 23.2 Å². The number of nitrogens with zero attached hydrogens (tertiary/aromatic N) is 3.